The van der Waals surface area contributed by atoms with Crippen molar-refractivity contribution in [3.05, 3.63) is 53.1 Å². The van der Waals surface area contributed by atoms with Crippen LogP contribution in [0.5, 0.6) is 5.75 Å². The van der Waals surface area contributed by atoms with Gasteiger partial charge >= 0.3 is 0 Å². The molecule has 0 aliphatic carbocycles. The van der Waals surface area contributed by atoms with Crippen LogP contribution in [0.2, 0.25) is 5.02 Å². The van der Waals surface area contributed by atoms with Gasteiger partial charge in [0, 0.05) is 5.56 Å². The first kappa shape index (κ1) is 18.1. The highest BCUT2D eigenvalue weighted by molar-refractivity contribution is 7.92. The third-order valence-corrected chi connectivity index (χ3v) is 3.88. The van der Waals surface area contributed by atoms with Crippen LogP contribution in [0.1, 0.15) is 17.3 Å². The number of anilines is 2. The van der Waals surface area contributed by atoms with Crippen LogP contribution in [-0.4, -0.2) is 27.2 Å². The summed E-state index contributed by atoms with van der Waals surface area (Å²) in [5.74, 6) is 0.146. The number of amides is 1. The van der Waals surface area contributed by atoms with Crippen LogP contribution in [0.4, 0.5) is 11.4 Å². The highest BCUT2D eigenvalue weighted by Gasteiger charge is 2.13. The molecule has 24 heavy (non-hydrogen) atoms. The molecule has 2 aromatic carbocycles. The Morgan fingerprint density at radius 3 is 2.54 bits per heavy atom. The molecule has 0 atom stereocenters. The van der Waals surface area contributed by atoms with Gasteiger partial charge in [0.1, 0.15) is 5.75 Å². The van der Waals surface area contributed by atoms with Crippen molar-refractivity contribution in [1.29, 1.82) is 0 Å². The van der Waals surface area contributed by atoms with E-state index in [0.29, 0.717) is 18.0 Å². The Kier molecular flexibility index (Phi) is 5.69. The van der Waals surface area contributed by atoms with Gasteiger partial charge in [-0.15, -0.1) is 0 Å². The second-order valence-corrected chi connectivity index (χ2v) is 7.11. The lowest BCUT2D eigenvalue weighted by Gasteiger charge is -2.12. The molecule has 2 aromatic rings. The first-order chi connectivity index (χ1) is 11.3. The molecule has 0 saturated heterocycles. The van der Waals surface area contributed by atoms with Gasteiger partial charge in [-0.2, -0.15) is 0 Å². The molecular formula is C16H17ClN2O4S. The van der Waals surface area contributed by atoms with Crippen LogP contribution < -0.4 is 14.8 Å². The lowest BCUT2D eigenvalue weighted by atomic mass is 10.2. The van der Waals surface area contributed by atoms with Crippen LogP contribution >= 0.6 is 11.6 Å². The number of para-hydroxylation sites is 2. The normalized spacial score (nSPS) is 11.0. The molecule has 0 radical (unpaired) electrons. The van der Waals surface area contributed by atoms with E-state index in [1.165, 1.54) is 18.2 Å². The highest BCUT2D eigenvalue weighted by Crippen LogP contribution is 2.27. The van der Waals surface area contributed by atoms with Gasteiger partial charge in [-0.25, -0.2) is 8.42 Å². The Balaban J connectivity index is 2.26. The predicted molar refractivity (Wildman–Crippen MR) is 95.5 cm³/mol. The van der Waals surface area contributed by atoms with E-state index in [0.717, 1.165) is 6.26 Å². The second-order valence-electron chi connectivity index (χ2n) is 4.95. The molecule has 8 heteroatoms. The van der Waals surface area contributed by atoms with Gasteiger partial charge in [0.25, 0.3) is 5.91 Å². The van der Waals surface area contributed by atoms with Gasteiger partial charge in [-0.1, -0.05) is 23.7 Å². The minimum Gasteiger partial charge on any atom is -0.492 e. The molecule has 0 unspecified atom stereocenters. The molecule has 0 aliphatic heterocycles. The number of carbonyl (C=O) groups is 1. The van der Waals surface area contributed by atoms with Gasteiger partial charge in [0.05, 0.1) is 29.3 Å². The number of nitrogens with one attached hydrogen (secondary N) is 2. The summed E-state index contributed by atoms with van der Waals surface area (Å²) in [6, 6.07) is 11.4. The van der Waals surface area contributed by atoms with Crippen molar-refractivity contribution < 1.29 is 17.9 Å². The number of benzene rings is 2. The van der Waals surface area contributed by atoms with E-state index in [9.17, 15) is 13.2 Å². The fourth-order valence-corrected chi connectivity index (χ4v) is 2.78. The van der Waals surface area contributed by atoms with Crippen LogP contribution in [0.15, 0.2) is 42.5 Å². The van der Waals surface area contributed by atoms with E-state index in [-0.39, 0.29) is 16.3 Å². The summed E-state index contributed by atoms with van der Waals surface area (Å²) in [6.07, 6.45) is 1.01. The Morgan fingerprint density at radius 1 is 1.17 bits per heavy atom. The van der Waals surface area contributed by atoms with E-state index in [4.69, 9.17) is 16.3 Å². The van der Waals surface area contributed by atoms with Gasteiger partial charge in [-0.05, 0) is 37.3 Å². The van der Waals surface area contributed by atoms with E-state index < -0.39 is 15.9 Å². The van der Waals surface area contributed by atoms with Gasteiger partial charge in [0.15, 0.2) is 0 Å². The van der Waals surface area contributed by atoms with Crippen molar-refractivity contribution in [2.45, 2.75) is 6.92 Å². The molecule has 6 nitrogen and oxygen atoms in total. The van der Waals surface area contributed by atoms with Crippen LogP contribution in [0.25, 0.3) is 0 Å². The molecule has 128 valence electrons. The van der Waals surface area contributed by atoms with Crippen LogP contribution in [0, 0.1) is 0 Å². The third kappa shape index (κ3) is 4.87. The number of rotatable bonds is 6. The molecule has 0 spiro atoms. The van der Waals surface area contributed by atoms with Crippen LogP contribution in [-0.2, 0) is 10.0 Å². The van der Waals surface area contributed by atoms with Crippen LogP contribution in [0.3, 0.4) is 0 Å². The number of ether oxygens (including phenoxy) is 1. The van der Waals surface area contributed by atoms with E-state index in [2.05, 4.69) is 10.0 Å². The molecule has 0 heterocycles. The first-order valence-corrected chi connectivity index (χ1v) is 9.37. The van der Waals surface area contributed by atoms with E-state index in [1.807, 2.05) is 6.92 Å². The topological polar surface area (TPSA) is 84.5 Å². The number of sulfonamides is 1. The average molecular weight is 369 g/mol. The van der Waals surface area contributed by atoms with Crippen molar-refractivity contribution in [1.82, 2.24) is 0 Å². The summed E-state index contributed by atoms with van der Waals surface area (Å²) < 4.78 is 30.4. The minimum absolute atomic E-state index is 0.143. The standard InChI is InChI=1S/C16H17ClN2O4S/c1-3-23-15-7-5-4-6-13(15)18-16(20)11-8-9-12(17)14(10-11)19-24(2,21)22/h4-10,19H,3H2,1-2H3,(H,18,20). The zero-order valence-electron chi connectivity index (χ0n) is 13.2. The minimum atomic E-state index is -3.50. The smallest absolute Gasteiger partial charge is 0.255 e. The van der Waals surface area contributed by atoms with E-state index in [1.54, 1.807) is 24.3 Å². The fraction of sp³-hybridized carbons (Fsp3) is 0.188. The average Bonchev–Trinajstić information content (AvgIpc) is 2.50. The Bertz CT molecular complexity index is 853. The predicted octanol–water partition coefficient (Wildman–Crippen LogP) is 3.36. The summed E-state index contributed by atoms with van der Waals surface area (Å²) in [7, 11) is -3.50. The number of halogens is 1. The quantitative estimate of drug-likeness (QED) is 0.818. The third-order valence-electron chi connectivity index (χ3n) is 2.96. The molecule has 1 amide bonds. The largest absolute Gasteiger partial charge is 0.492 e. The zero-order chi connectivity index (χ0) is 17.7. The summed E-state index contributed by atoms with van der Waals surface area (Å²) in [4.78, 5) is 12.4. The molecule has 0 aliphatic rings. The van der Waals surface area contributed by atoms with Crippen molar-refractivity contribution in [3.63, 3.8) is 0 Å². The monoisotopic (exact) mass is 368 g/mol. The summed E-state index contributed by atoms with van der Waals surface area (Å²) >= 11 is 5.95. The molecular weight excluding hydrogens is 352 g/mol. The molecule has 0 aromatic heterocycles. The fourth-order valence-electron chi connectivity index (χ4n) is 1.99. The maximum Gasteiger partial charge on any atom is 0.255 e. The van der Waals surface area contributed by atoms with Crippen molar-refractivity contribution in [2.75, 3.05) is 22.9 Å². The summed E-state index contributed by atoms with van der Waals surface area (Å²) in [6.45, 7) is 2.32. The molecule has 0 bridgehead atoms. The molecule has 2 N–H and O–H groups in total. The lowest BCUT2D eigenvalue weighted by Crippen LogP contribution is -2.15. The number of hydrogen-bond donors (Lipinski definition) is 2. The highest BCUT2D eigenvalue weighted by atomic mass is 35.5. The molecule has 2 rings (SSSR count). The Morgan fingerprint density at radius 2 is 1.88 bits per heavy atom. The molecule has 0 fully saturated rings. The maximum atomic E-state index is 12.4. The molecule has 0 saturated carbocycles. The van der Waals surface area contributed by atoms with Crippen molar-refractivity contribution in [2.24, 2.45) is 0 Å². The second kappa shape index (κ2) is 7.55. The van der Waals surface area contributed by atoms with Gasteiger partial charge in [0.2, 0.25) is 10.0 Å². The Labute approximate surface area is 145 Å². The van der Waals surface area contributed by atoms with Crippen molar-refractivity contribution >= 4 is 38.9 Å². The summed E-state index contributed by atoms with van der Waals surface area (Å²) in [5.41, 5.74) is 0.929. The Hall–Kier alpha value is -2.25. The SMILES string of the molecule is CCOc1ccccc1NC(=O)c1ccc(Cl)c(NS(C)(=O)=O)c1. The van der Waals surface area contributed by atoms with Gasteiger partial charge in [-0.3, -0.25) is 9.52 Å². The van der Waals surface area contributed by atoms with Gasteiger partial charge < -0.3 is 10.1 Å². The first-order valence-electron chi connectivity index (χ1n) is 7.10. The van der Waals surface area contributed by atoms with E-state index >= 15 is 0 Å². The zero-order valence-corrected chi connectivity index (χ0v) is 14.7. The number of hydrogen-bond acceptors (Lipinski definition) is 4. The summed E-state index contributed by atoms with van der Waals surface area (Å²) in [5, 5.41) is 2.94. The lowest BCUT2D eigenvalue weighted by molar-refractivity contribution is 0.102. The number of carbonyl (C=O) groups excluding carboxylic acids is 1. The van der Waals surface area contributed by atoms with Crippen molar-refractivity contribution in [3.8, 4) is 5.75 Å². The maximum absolute atomic E-state index is 12.4.